The number of hydrogen-bond acceptors (Lipinski definition) is 4. The Balaban J connectivity index is 1.80. The lowest BCUT2D eigenvalue weighted by Gasteiger charge is -2.34. The molecule has 0 aliphatic carbocycles. The highest BCUT2D eigenvalue weighted by Crippen LogP contribution is 2.51. The van der Waals surface area contributed by atoms with E-state index < -0.39 is 0 Å². The minimum absolute atomic E-state index is 0.134. The third-order valence-electron chi connectivity index (χ3n) is 4.31. The normalized spacial score (nSPS) is 16.9. The van der Waals surface area contributed by atoms with E-state index in [-0.39, 0.29) is 10.0 Å². The minimum Gasteiger partial charge on any atom is -0.465 e. The molecule has 0 saturated carbocycles. The number of carbonyl (C=O) groups is 1. The second-order valence-electron chi connectivity index (χ2n) is 6.17. The molecule has 0 N–H and O–H groups in total. The second kappa shape index (κ2) is 9.93. The largest absolute Gasteiger partial charge is 0.465 e. The minimum atomic E-state index is -0.359. The van der Waals surface area contributed by atoms with Crippen LogP contribution in [0, 0.1) is 0 Å². The fraction of sp³-hybridized carbons (Fsp3) is 0.227. The highest BCUT2D eigenvalue weighted by atomic mass is 35.5. The molecule has 2 aromatic rings. The van der Waals surface area contributed by atoms with Crippen molar-refractivity contribution in [1.29, 1.82) is 0 Å². The summed E-state index contributed by atoms with van der Waals surface area (Å²) < 4.78 is 4.58. The Morgan fingerprint density at radius 1 is 1.04 bits per heavy atom. The monoisotopic (exact) mass is 450 g/mol. The summed E-state index contributed by atoms with van der Waals surface area (Å²) in [6.45, 7) is 0. The number of halogens is 2. The average molecular weight is 451 g/mol. The van der Waals surface area contributed by atoms with Crippen LogP contribution in [0.3, 0.4) is 0 Å². The lowest BCUT2D eigenvalue weighted by molar-refractivity contribution is 0.0600. The van der Waals surface area contributed by atoms with Crippen molar-refractivity contribution < 1.29 is 9.53 Å². The molecule has 6 heteroatoms. The number of ether oxygens (including phenoxy) is 1. The number of allylic oxidation sites excluding steroid dienone is 2. The Morgan fingerprint density at radius 3 is 2.25 bits per heavy atom. The van der Waals surface area contributed by atoms with Crippen LogP contribution in [0.5, 0.6) is 0 Å². The standard InChI is InChI=1S/C22H20Cl2O2S2/c1-26-21(25)17-7-5-16(6-8-17)20(24)4-2-13-22(27-14-3-15-28-22)18-9-11-19(23)12-10-18/h2,4-13H,3,14-15H2,1H3/b13-2+,20-4-. The Hall–Kier alpha value is -1.33. The van der Waals surface area contributed by atoms with Crippen LogP contribution in [0.2, 0.25) is 5.02 Å². The van der Waals surface area contributed by atoms with Gasteiger partial charge in [-0.1, -0.05) is 59.6 Å². The third kappa shape index (κ3) is 5.18. The van der Waals surface area contributed by atoms with Gasteiger partial charge in [-0.25, -0.2) is 4.79 Å². The summed E-state index contributed by atoms with van der Waals surface area (Å²) in [5, 5.41) is 1.36. The summed E-state index contributed by atoms with van der Waals surface area (Å²) in [6.07, 6.45) is 7.32. The van der Waals surface area contributed by atoms with Gasteiger partial charge >= 0.3 is 5.97 Å². The van der Waals surface area contributed by atoms with E-state index >= 15 is 0 Å². The van der Waals surface area contributed by atoms with E-state index in [9.17, 15) is 4.79 Å². The van der Waals surface area contributed by atoms with E-state index in [1.165, 1.54) is 19.1 Å². The zero-order chi connectivity index (χ0) is 20.0. The maximum atomic E-state index is 11.5. The molecule has 0 aromatic heterocycles. The summed E-state index contributed by atoms with van der Waals surface area (Å²) >= 11 is 16.4. The number of esters is 1. The van der Waals surface area contributed by atoms with Gasteiger partial charge in [0.1, 0.15) is 4.08 Å². The molecule has 0 atom stereocenters. The summed E-state index contributed by atoms with van der Waals surface area (Å²) in [5.74, 6) is 1.88. The molecule has 1 saturated heterocycles. The van der Waals surface area contributed by atoms with Crippen LogP contribution in [0.4, 0.5) is 0 Å². The SMILES string of the molecule is COC(=O)c1ccc(/C(Cl)=C/C=C/C2(c3ccc(Cl)cc3)SCCCS2)cc1. The summed E-state index contributed by atoms with van der Waals surface area (Å²) in [6, 6.07) is 15.1. The molecule has 2 nitrogen and oxygen atoms in total. The fourth-order valence-corrected chi connectivity index (χ4v) is 6.31. The fourth-order valence-electron chi connectivity index (χ4n) is 2.83. The van der Waals surface area contributed by atoms with Gasteiger partial charge in [-0.15, -0.1) is 23.5 Å². The zero-order valence-electron chi connectivity index (χ0n) is 15.4. The van der Waals surface area contributed by atoms with Gasteiger partial charge in [-0.3, -0.25) is 0 Å². The first kappa shape index (κ1) is 21.4. The van der Waals surface area contributed by atoms with E-state index in [2.05, 4.69) is 18.2 Å². The molecule has 1 fully saturated rings. The molecular weight excluding hydrogens is 431 g/mol. The summed E-state index contributed by atoms with van der Waals surface area (Å²) in [7, 11) is 1.37. The average Bonchev–Trinajstić information content (AvgIpc) is 2.74. The maximum Gasteiger partial charge on any atom is 0.337 e. The molecule has 2 aromatic carbocycles. The highest BCUT2D eigenvalue weighted by molar-refractivity contribution is 8.18. The molecule has 28 heavy (non-hydrogen) atoms. The maximum absolute atomic E-state index is 11.5. The number of methoxy groups -OCH3 is 1. The smallest absolute Gasteiger partial charge is 0.337 e. The predicted octanol–water partition coefficient (Wildman–Crippen LogP) is 6.99. The van der Waals surface area contributed by atoms with Crippen molar-refractivity contribution in [1.82, 2.24) is 0 Å². The molecule has 0 radical (unpaired) electrons. The van der Waals surface area contributed by atoms with E-state index in [0.29, 0.717) is 10.6 Å². The molecule has 0 amide bonds. The van der Waals surface area contributed by atoms with Crippen molar-refractivity contribution in [2.45, 2.75) is 10.5 Å². The van der Waals surface area contributed by atoms with Crippen LogP contribution in [-0.4, -0.2) is 24.6 Å². The van der Waals surface area contributed by atoms with Gasteiger partial charge in [0.25, 0.3) is 0 Å². The van der Waals surface area contributed by atoms with Crippen molar-refractivity contribution in [3.05, 3.63) is 88.5 Å². The lowest BCUT2D eigenvalue weighted by Crippen LogP contribution is -2.20. The summed E-state index contributed by atoms with van der Waals surface area (Å²) in [5.41, 5.74) is 2.58. The van der Waals surface area contributed by atoms with Crippen molar-refractivity contribution in [3.63, 3.8) is 0 Å². The molecule has 0 unspecified atom stereocenters. The van der Waals surface area contributed by atoms with Crippen LogP contribution in [0.1, 0.15) is 27.9 Å². The molecular formula is C22H20Cl2O2S2. The van der Waals surface area contributed by atoms with Crippen LogP contribution >= 0.6 is 46.7 Å². The van der Waals surface area contributed by atoms with Gasteiger partial charge in [0.05, 0.1) is 12.7 Å². The van der Waals surface area contributed by atoms with Gasteiger partial charge in [-0.05, 0) is 59.4 Å². The van der Waals surface area contributed by atoms with Gasteiger partial charge in [0.15, 0.2) is 0 Å². The van der Waals surface area contributed by atoms with Crippen molar-refractivity contribution in [3.8, 4) is 0 Å². The first-order chi connectivity index (χ1) is 13.5. The number of carbonyl (C=O) groups excluding carboxylic acids is 1. The van der Waals surface area contributed by atoms with Crippen molar-refractivity contribution in [2.24, 2.45) is 0 Å². The summed E-state index contributed by atoms with van der Waals surface area (Å²) in [4.78, 5) is 11.5. The lowest BCUT2D eigenvalue weighted by atomic mass is 10.1. The number of hydrogen-bond donors (Lipinski definition) is 0. The second-order valence-corrected chi connectivity index (χ2v) is 9.95. The molecule has 3 rings (SSSR count). The van der Waals surface area contributed by atoms with Gasteiger partial charge in [0, 0.05) is 10.1 Å². The van der Waals surface area contributed by atoms with Gasteiger partial charge in [-0.2, -0.15) is 0 Å². The number of thioether (sulfide) groups is 2. The molecule has 1 aliphatic rings. The van der Waals surface area contributed by atoms with E-state index in [4.69, 9.17) is 27.9 Å². The van der Waals surface area contributed by atoms with E-state index in [1.54, 1.807) is 12.1 Å². The van der Waals surface area contributed by atoms with Crippen LogP contribution in [-0.2, 0) is 8.82 Å². The molecule has 1 heterocycles. The first-order valence-electron chi connectivity index (χ1n) is 8.82. The number of benzene rings is 2. The third-order valence-corrected chi connectivity index (χ3v) is 8.20. The molecule has 1 aliphatic heterocycles. The Morgan fingerprint density at radius 2 is 1.64 bits per heavy atom. The van der Waals surface area contributed by atoms with E-state index in [0.717, 1.165) is 22.1 Å². The topological polar surface area (TPSA) is 26.3 Å². The van der Waals surface area contributed by atoms with Crippen LogP contribution < -0.4 is 0 Å². The highest BCUT2D eigenvalue weighted by Gasteiger charge is 2.32. The first-order valence-corrected chi connectivity index (χ1v) is 11.5. The molecule has 0 spiro atoms. The van der Waals surface area contributed by atoms with Crippen LogP contribution in [0.15, 0.2) is 66.8 Å². The zero-order valence-corrected chi connectivity index (χ0v) is 18.5. The Bertz CT molecular complexity index is 868. The van der Waals surface area contributed by atoms with Crippen molar-refractivity contribution >= 4 is 57.7 Å². The van der Waals surface area contributed by atoms with Crippen LogP contribution in [0.25, 0.3) is 5.03 Å². The number of rotatable bonds is 5. The van der Waals surface area contributed by atoms with E-state index in [1.807, 2.05) is 59.9 Å². The predicted molar refractivity (Wildman–Crippen MR) is 123 cm³/mol. The Labute approximate surface area is 184 Å². The quantitative estimate of drug-likeness (QED) is 0.362. The van der Waals surface area contributed by atoms with Crippen molar-refractivity contribution in [2.75, 3.05) is 18.6 Å². The Kier molecular flexibility index (Phi) is 7.58. The molecule has 146 valence electrons. The van der Waals surface area contributed by atoms with Gasteiger partial charge < -0.3 is 4.74 Å². The van der Waals surface area contributed by atoms with Gasteiger partial charge in [0.2, 0.25) is 0 Å². The molecule has 0 bridgehead atoms.